The molecule has 1 aromatic carbocycles. The summed E-state index contributed by atoms with van der Waals surface area (Å²) < 4.78 is 5.00. The number of carboxylic acid groups (broad SMARTS) is 2. The van der Waals surface area contributed by atoms with Gasteiger partial charge < -0.3 is 14.9 Å². The van der Waals surface area contributed by atoms with Gasteiger partial charge in [0.05, 0.1) is 18.6 Å². The Bertz CT molecular complexity index is 443. The molecule has 0 spiro atoms. The molecule has 0 saturated carbocycles. The highest BCUT2D eigenvalue weighted by Gasteiger charge is 2.09. The van der Waals surface area contributed by atoms with Gasteiger partial charge in [-0.1, -0.05) is 12.1 Å². The van der Waals surface area contributed by atoms with Gasteiger partial charge in [-0.25, -0.2) is 4.79 Å². The monoisotopic (exact) mass is 281 g/mol. The minimum absolute atomic E-state index is 0.0664. The van der Waals surface area contributed by atoms with Crippen LogP contribution in [-0.4, -0.2) is 53.9 Å². The van der Waals surface area contributed by atoms with Crippen molar-refractivity contribution >= 4 is 11.9 Å². The molecule has 0 bridgehead atoms. The minimum atomic E-state index is -0.960. The number of methoxy groups -OCH3 is 1. The molecule has 0 amide bonds. The Kier molecular flexibility index (Phi) is 6.69. The summed E-state index contributed by atoms with van der Waals surface area (Å²) >= 11 is 0. The predicted octanol–water partition coefficient (Wildman–Crippen LogP) is 1.31. The average Bonchev–Trinajstić information content (AvgIpc) is 2.42. The van der Waals surface area contributed by atoms with Crippen LogP contribution < -0.4 is 0 Å². The molecule has 6 nitrogen and oxygen atoms in total. The smallest absolute Gasteiger partial charge is 0.335 e. The Morgan fingerprint density at radius 2 is 1.80 bits per heavy atom. The highest BCUT2D eigenvalue weighted by Crippen LogP contribution is 2.08. The summed E-state index contributed by atoms with van der Waals surface area (Å²) in [6.45, 7) is 2.15. The Hall–Kier alpha value is -1.92. The van der Waals surface area contributed by atoms with E-state index < -0.39 is 11.9 Å². The maximum Gasteiger partial charge on any atom is 0.335 e. The van der Waals surface area contributed by atoms with Gasteiger partial charge in [0.25, 0.3) is 0 Å². The highest BCUT2D eigenvalue weighted by atomic mass is 16.5. The number of rotatable bonds is 9. The normalized spacial score (nSPS) is 10.7. The third-order valence-corrected chi connectivity index (χ3v) is 2.86. The van der Waals surface area contributed by atoms with E-state index >= 15 is 0 Å². The fraction of sp³-hybridized carbons (Fsp3) is 0.429. The molecule has 0 aliphatic heterocycles. The van der Waals surface area contributed by atoms with E-state index in [0.717, 1.165) is 5.56 Å². The maximum absolute atomic E-state index is 10.8. The fourth-order valence-corrected chi connectivity index (χ4v) is 1.75. The molecule has 0 aliphatic rings. The minimum Gasteiger partial charge on any atom is -0.481 e. The van der Waals surface area contributed by atoms with Crippen LogP contribution >= 0.6 is 0 Å². The molecule has 1 rings (SSSR count). The van der Waals surface area contributed by atoms with Crippen LogP contribution in [0.25, 0.3) is 0 Å². The first kappa shape index (κ1) is 16.1. The van der Waals surface area contributed by atoms with E-state index in [4.69, 9.17) is 14.9 Å². The van der Waals surface area contributed by atoms with Gasteiger partial charge in [-0.2, -0.15) is 0 Å². The number of ether oxygens (including phenoxy) is 1. The van der Waals surface area contributed by atoms with E-state index in [1.54, 1.807) is 31.4 Å². The molecule has 6 heteroatoms. The van der Waals surface area contributed by atoms with Gasteiger partial charge in [0.15, 0.2) is 0 Å². The molecule has 0 saturated heterocycles. The van der Waals surface area contributed by atoms with Crippen molar-refractivity contribution in [2.45, 2.75) is 13.0 Å². The number of carbonyl (C=O) groups is 2. The molecule has 20 heavy (non-hydrogen) atoms. The molecule has 0 unspecified atom stereocenters. The summed E-state index contributed by atoms with van der Waals surface area (Å²) in [5, 5.41) is 17.6. The lowest BCUT2D eigenvalue weighted by molar-refractivity contribution is -0.137. The van der Waals surface area contributed by atoms with E-state index in [0.29, 0.717) is 26.2 Å². The van der Waals surface area contributed by atoms with Gasteiger partial charge in [-0.15, -0.1) is 0 Å². The van der Waals surface area contributed by atoms with Crippen LogP contribution in [0.1, 0.15) is 22.3 Å². The standard InChI is InChI=1S/C14H19NO5/c1-20-9-8-15(7-6-13(16)17)10-11-2-4-12(5-3-11)14(18)19/h2-5H,6-10H2,1H3,(H,16,17)(H,18,19). The maximum atomic E-state index is 10.8. The molecular weight excluding hydrogens is 262 g/mol. The zero-order valence-electron chi connectivity index (χ0n) is 11.4. The van der Waals surface area contributed by atoms with E-state index in [1.807, 2.05) is 4.90 Å². The number of nitrogens with zero attached hydrogens (tertiary/aromatic N) is 1. The van der Waals surface area contributed by atoms with Crippen molar-refractivity contribution in [1.29, 1.82) is 0 Å². The Morgan fingerprint density at radius 3 is 2.30 bits per heavy atom. The molecule has 0 atom stereocenters. The summed E-state index contributed by atoms with van der Waals surface area (Å²) in [4.78, 5) is 23.4. The van der Waals surface area contributed by atoms with Crippen molar-refractivity contribution in [2.24, 2.45) is 0 Å². The van der Waals surface area contributed by atoms with Crippen LogP contribution in [0.5, 0.6) is 0 Å². The zero-order chi connectivity index (χ0) is 15.0. The SMILES string of the molecule is COCCN(CCC(=O)O)Cc1ccc(C(=O)O)cc1. The number of hydrogen-bond donors (Lipinski definition) is 2. The third-order valence-electron chi connectivity index (χ3n) is 2.86. The molecule has 2 N–H and O–H groups in total. The van der Waals surface area contributed by atoms with E-state index in [2.05, 4.69) is 0 Å². The van der Waals surface area contributed by atoms with Gasteiger partial charge in [-0.3, -0.25) is 9.69 Å². The summed E-state index contributed by atoms with van der Waals surface area (Å²) in [6.07, 6.45) is 0.0664. The van der Waals surface area contributed by atoms with Gasteiger partial charge in [0, 0.05) is 26.7 Å². The molecular formula is C14H19NO5. The number of aromatic carboxylic acids is 1. The molecule has 1 aromatic rings. The second-order valence-corrected chi connectivity index (χ2v) is 4.41. The molecule has 0 aliphatic carbocycles. The summed E-state index contributed by atoms with van der Waals surface area (Å²) in [5.74, 6) is -1.80. The third kappa shape index (κ3) is 5.81. The number of hydrogen-bond acceptors (Lipinski definition) is 4. The van der Waals surface area contributed by atoms with Crippen molar-refractivity contribution in [2.75, 3.05) is 26.8 Å². The predicted molar refractivity (Wildman–Crippen MR) is 72.8 cm³/mol. The van der Waals surface area contributed by atoms with Crippen molar-refractivity contribution in [1.82, 2.24) is 4.90 Å². The molecule has 0 heterocycles. The van der Waals surface area contributed by atoms with E-state index in [1.165, 1.54) is 0 Å². The first-order chi connectivity index (χ1) is 9.52. The second-order valence-electron chi connectivity index (χ2n) is 4.41. The van der Waals surface area contributed by atoms with Gasteiger partial charge >= 0.3 is 11.9 Å². The number of carboxylic acids is 2. The van der Waals surface area contributed by atoms with Crippen LogP contribution in [0.15, 0.2) is 24.3 Å². The van der Waals surface area contributed by atoms with Crippen LogP contribution in [-0.2, 0) is 16.1 Å². The average molecular weight is 281 g/mol. The van der Waals surface area contributed by atoms with Gasteiger partial charge in [-0.05, 0) is 17.7 Å². The lowest BCUT2D eigenvalue weighted by atomic mass is 10.1. The number of aliphatic carboxylic acids is 1. The molecule has 0 aromatic heterocycles. The highest BCUT2D eigenvalue weighted by molar-refractivity contribution is 5.87. The molecule has 0 radical (unpaired) electrons. The topological polar surface area (TPSA) is 87.1 Å². The fourth-order valence-electron chi connectivity index (χ4n) is 1.75. The van der Waals surface area contributed by atoms with Crippen LogP contribution in [0.4, 0.5) is 0 Å². The number of benzene rings is 1. The quantitative estimate of drug-likeness (QED) is 0.709. The van der Waals surface area contributed by atoms with Crippen LogP contribution in [0, 0.1) is 0 Å². The largest absolute Gasteiger partial charge is 0.481 e. The summed E-state index contributed by atoms with van der Waals surface area (Å²) in [5.41, 5.74) is 1.18. The zero-order valence-corrected chi connectivity index (χ0v) is 11.4. The molecule has 0 fully saturated rings. The first-order valence-corrected chi connectivity index (χ1v) is 6.28. The second kappa shape index (κ2) is 8.29. The van der Waals surface area contributed by atoms with Crippen molar-refractivity contribution < 1.29 is 24.5 Å². The van der Waals surface area contributed by atoms with Gasteiger partial charge in [0.1, 0.15) is 0 Å². The van der Waals surface area contributed by atoms with Crippen molar-refractivity contribution in [3.05, 3.63) is 35.4 Å². The summed E-state index contributed by atoms with van der Waals surface area (Å²) in [6, 6.07) is 6.57. The Balaban J connectivity index is 2.62. The van der Waals surface area contributed by atoms with E-state index in [9.17, 15) is 9.59 Å². The lowest BCUT2D eigenvalue weighted by Crippen LogP contribution is -2.29. The van der Waals surface area contributed by atoms with E-state index in [-0.39, 0.29) is 12.0 Å². The van der Waals surface area contributed by atoms with Crippen LogP contribution in [0.3, 0.4) is 0 Å². The Labute approximate surface area is 117 Å². The van der Waals surface area contributed by atoms with Crippen LogP contribution in [0.2, 0.25) is 0 Å². The van der Waals surface area contributed by atoms with Crippen molar-refractivity contribution in [3.63, 3.8) is 0 Å². The lowest BCUT2D eigenvalue weighted by Gasteiger charge is -2.21. The van der Waals surface area contributed by atoms with Crippen molar-refractivity contribution in [3.8, 4) is 0 Å². The van der Waals surface area contributed by atoms with Gasteiger partial charge in [0.2, 0.25) is 0 Å². The molecule has 110 valence electrons. The first-order valence-electron chi connectivity index (χ1n) is 6.28. The summed E-state index contributed by atoms with van der Waals surface area (Å²) in [7, 11) is 1.59. The Morgan fingerprint density at radius 1 is 1.15 bits per heavy atom.